The second-order valence-electron chi connectivity index (χ2n) is 3.83. The molecule has 0 spiro atoms. The summed E-state index contributed by atoms with van der Waals surface area (Å²) in [6.07, 6.45) is -4.30. The second-order valence-corrected chi connectivity index (χ2v) is 3.83. The van der Waals surface area contributed by atoms with E-state index in [1.54, 1.807) is 0 Å². The zero-order chi connectivity index (χ0) is 11.5. The van der Waals surface area contributed by atoms with Gasteiger partial charge in [-0.15, -0.1) is 0 Å². The molecular weight excluding hydrogens is 209 g/mol. The largest absolute Gasteiger partial charge is 0.417 e. The number of halogens is 3. The number of piperidine rings is 1. The van der Waals surface area contributed by atoms with Gasteiger partial charge in [0.05, 0.1) is 0 Å². The third kappa shape index (κ3) is 2.62. The molecule has 6 heteroatoms. The maximum atomic E-state index is 12.7. The fraction of sp³-hybridized carbons (Fsp3) is 1.00. The topological polar surface area (TPSA) is 38.5 Å². The van der Waals surface area contributed by atoms with E-state index >= 15 is 0 Å². The lowest BCUT2D eigenvalue weighted by Crippen LogP contribution is -2.55. The van der Waals surface area contributed by atoms with Crippen molar-refractivity contribution in [3.63, 3.8) is 0 Å². The van der Waals surface area contributed by atoms with Crippen molar-refractivity contribution in [2.24, 2.45) is 5.73 Å². The molecule has 0 aliphatic carbocycles. The predicted octanol–water partition coefficient (Wildman–Crippen LogP) is 0.988. The van der Waals surface area contributed by atoms with Gasteiger partial charge in [0.25, 0.3) is 0 Å². The van der Waals surface area contributed by atoms with Gasteiger partial charge in [0.15, 0.2) is 5.60 Å². The Kier molecular flexibility index (Phi) is 3.97. The van der Waals surface area contributed by atoms with Crippen LogP contribution in [0, 0.1) is 0 Å². The molecule has 15 heavy (non-hydrogen) atoms. The summed E-state index contributed by atoms with van der Waals surface area (Å²) in [6, 6.07) is 0. The summed E-state index contributed by atoms with van der Waals surface area (Å²) in [4.78, 5) is 1.93. The Morgan fingerprint density at radius 3 is 2.20 bits per heavy atom. The molecule has 1 heterocycles. The van der Waals surface area contributed by atoms with Crippen molar-refractivity contribution in [1.29, 1.82) is 0 Å². The Bertz CT molecular complexity index is 200. The van der Waals surface area contributed by atoms with Gasteiger partial charge in [-0.2, -0.15) is 13.2 Å². The third-order valence-corrected chi connectivity index (χ3v) is 3.02. The van der Waals surface area contributed by atoms with Gasteiger partial charge >= 0.3 is 6.18 Å². The van der Waals surface area contributed by atoms with E-state index in [0.29, 0.717) is 26.2 Å². The summed E-state index contributed by atoms with van der Waals surface area (Å²) in [5, 5.41) is 0. The maximum Gasteiger partial charge on any atom is 0.417 e. The molecule has 0 atom stereocenters. The van der Waals surface area contributed by atoms with Crippen molar-refractivity contribution in [2.45, 2.75) is 24.6 Å². The minimum atomic E-state index is -4.28. The van der Waals surface area contributed by atoms with Crippen LogP contribution in [0.4, 0.5) is 13.2 Å². The normalized spacial score (nSPS) is 23.0. The molecule has 1 aliphatic rings. The Balaban J connectivity index is 2.59. The highest BCUT2D eigenvalue weighted by Gasteiger charge is 2.56. The summed E-state index contributed by atoms with van der Waals surface area (Å²) in [6.45, 7) is 1.92. The van der Waals surface area contributed by atoms with Gasteiger partial charge in [0, 0.05) is 33.3 Å². The highest BCUT2D eigenvalue weighted by molar-refractivity contribution is 4.93. The van der Waals surface area contributed by atoms with Crippen molar-refractivity contribution >= 4 is 0 Å². The van der Waals surface area contributed by atoms with E-state index in [1.807, 2.05) is 4.90 Å². The van der Waals surface area contributed by atoms with Gasteiger partial charge in [-0.3, -0.25) is 0 Å². The molecule has 0 aromatic rings. The highest BCUT2D eigenvalue weighted by atomic mass is 19.4. The summed E-state index contributed by atoms with van der Waals surface area (Å²) in [5.74, 6) is 0. The van der Waals surface area contributed by atoms with Crippen LogP contribution in [0.2, 0.25) is 0 Å². The average molecular weight is 226 g/mol. The number of likely N-dealkylation sites (tertiary alicyclic amines) is 1. The molecule has 1 fully saturated rings. The van der Waals surface area contributed by atoms with Crippen LogP contribution < -0.4 is 5.73 Å². The van der Waals surface area contributed by atoms with Gasteiger partial charge in [-0.25, -0.2) is 0 Å². The van der Waals surface area contributed by atoms with E-state index in [9.17, 15) is 13.2 Å². The van der Waals surface area contributed by atoms with Crippen LogP contribution in [0.1, 0.15) is 12.8 Å². The molecule has 2 N–H and O–H groups in total. The number of rotatable bonds is 3. The highest BCUT2D eigenvalue weighted by Crippen LogP contribution is 2.40. The van der Waals surface area contributed by atoms with E-state index in [1.165, 1.54) is 0 Å². The Hall–Kier alpha value is -0.330. The van der Waals surface area contributed by atoms with E-state index in [4.69, 9.17) is 5.73 Å². The smallest absolute Gasteiger partial charge is 0.369 e. The van der Waals surface area contributed by atoms with Crippen LogP contribution in [-0.2, 0) is 4.74 Å². The Morgan fingerprint density at radius 2 is 1.87 bits per heavy atom. The predicted molar refractivity (Wildman–Crippen MR) is 50.5 cm³/mol. The Labute approximate surface area is 87.4 Å². The van der Waals surface area contributed by atoms with Gasteiger partial charge in [-0.1, -0.05) is 0 Å². The van der Waals surface area contributed by atoms with Crippen molar-refractivity contribution in [2.75, 3.05) is 33.3 Å². The van der Waals surface area contributed by atoms with Crippen LogP contribution in [0.3, 0.4) is 0 Å². The zero-order valence-corrected chi connectivity index (χ0v) is 8.81. The van der Waals surface area contributed by atoms with Gasteiger partial charge in [0.1, 0.15) is 0 Å². The number of nitrogens with zero attached hydrogens (tertiary/aromatic N) is 1. The number of hydrogen-bond acceptors (Lipinski definition) is 3. The quantitative estimate of drug-likeness (QED) is 0.780. The zero-order valence-electron chi connectivity index (χ0n) is 8.81. The summed E-state index contributed by atoms with van der Waals surface area (Å²) in [7, 11) is 1.13. The van der Waals surface area contributed by atoms with Gasteiger partial charge in [-0.05, 0) is 12.8 Å². The van der Waals surface area contributed by atoms with E-state index in [0.717, 1.165) is 7.11 Å². The second kappa shape index (κ2) is 4.67. The first-order valence-corrected chi connectivity index (χ1v) is 4.99. The molecule has 0 radical (unpaired) electrons. The lowest BCUT2D eigenvalue weighted by Gasteiger charge is -2.41. The summed E-state index contributed by atoms with van der Waals surface area (Å²) < 4.78 is 42.9. The fourth-order valence-electron chi connectivity index (χ4n) is 1.92. The summed E-state index contributed by atoms with van der Waals surface area (Å²) >= 11 is 0. The molecule has 1 saturated heterocycles. The lowest BCUT2D eigenvalue weighted by molar-refractivity contribution is -0.282. The molecule has 0 unspecified atom stereocenters. The van der Waals surface area contributed by atoms with Crippen LogP contribution in [0.15, 0.2) is 0 Å². The number of ether oxygens (including phenoxy) is 1. The molecule has 0 aromatic heterocycles. The van der Waals surface area contributed by atoms with E-state index in [-0.39, 0.29) is 12.8 Å². The molecule has 0 bridgehead atoms. The SMILES string of the molecule is COC1(C(F)(F)F)CCN(CCN)CC1. The standard InChI is InChI=1S/C9H17F3N2O/c1-15-8(9(10,11)12)2-5-14(6-3-8)7-4-13/h2-7,13H2,1H3. The Morgan fingerprint density at radius 1 is 1.33 bits per heavy atom. The monoisotopic (exact) mass is 226 g/mol. The molecule has 90 valence electrons. The molecule has 0 aromatic carbocycles. The molecule has 0 amide bonds. The molecule has 3 nitrogen and oxygen atoms in total. The first-order valence-electron chi connectivity index (χ1n) is 4.99. The van der Waals surface area contributed by atoms with Crippen LogP contribution in [-0.4, -0.2) is 50.0 Å². The van der Waals surface area contributed by atoms with E-state index < -0.39 is 11.8 Å². The van der Waals surface area contributed by atoms with Crippen molar-refractivity contribution < 1.29 is 17.9 Å². The number of alkyl halides is 3. The number of methoxy groups -OCH3 is 1. The van der Waals surface area contributed by atoms with Gasteiger partial charge < -0.3 is 15.4 Å². The van der Waals surface area contributed by atoms with Crippen LogP contribution >= 0.6 is 0 Å². The van der Waals surface area contributed by atoms with Crippen LogP contribution in [0.25, 0.3) is 0 Å². The molecule has 1 aliphatic heterocycles. The van der Waals surface area contributed by atoms with E-state index in [2.05, 4.69) is 4.74 Å². The number of hydrogen-bond donors (Lipinski definition) is 1. The first-order chi connectivity index (χ1) is 6.95. The molecular formula is C9H17F3N2O. The average Bonchev–Trinajstić information content (AvgIpc) is 2.18. The number of nitrogens with two attached hydrogens (primary N) is 1. The minimum absolute atomic E-state index is 0.00694. The van der Waals surface area contributed by atoms with Crippen molar-refractivity contribution in [1.82, 2.24) is 4.90 Å². The fourth-order valence-corrected chi connectivity index (χ4v) is 1.92. The van der Waals surface area contributed by atoms with Crippen LogP contribution in [0.5, 0.6) is 0 Å². The van der Waals surface area contributed by atoms with Crippen molar-refractivity contribution in [3.8, 4) is 0 Å². The minimum Gasteiger partial charge on any atom is -0.369 e. The summed E-state index contributed by atoms with van der Waals surface area (Å²) in [5.41, 5.74) is 3.40. The third-order valence-electron chi connectivity index (χ3n) is 3.02. The molecule has 1 rings (SSSR count). The first kappa shape index (κ1) is 12.7. The lowest BCUT2D eigenvalue weighted by atomic mass is 9.90. The van der Waals surface area contributed by atoms with Gasteiger partial charge in [0.2, 0.25) is 0 Å². The maximum absolute atomic E-state index is 12.7. The van der Waals surface area contributed by atoms with Crippen molar-refractivity contribution in [3.05, 3.63) is 0 Å². The molecule has 0 saturated carbocycles.